The van der Waals surface area contributed by atoms with E-state index in [0.29, 0.717) is 25.8 Å². The number of rotatable bonds is 16. The summed E-state index contributed by atoms with van der Waals surface area (Å²) in [5.41, 5.74) is 18.7. The molecule has 0 bridgehead atoms. The Morgan fingerprint density at radius 2 is 1.04 bits per heavy atom. The van der Waals surface area contributed by atoms with Crippen LogP contribution in [0.2, 0.25) is 0 Å². The van der Waals surface area contributed by atoms with Gasteiger partial charge < -0.3 is 22.1 Å². The van der Waals surface area contributed by atoms with Crippen molar-refractivity contribution in [3.63, 3.8) is 0 Å². The second-order valence-electron chi connectivity index (χ2n) is 12.7. The monoisotopic (exact) mass is 835 g/mol. The zero-order valence-electron chi connectivity index (χ0n) is 30.4. The van der Waals surface area contributed by atoms with Crippen molar-refractivity contribution in [1.82, 2.24) is 15.4 Å². The molecule has 0 radical (unpaired) electrons. The van der Waals surface area contributed by atoms with E-state index < -0.39 is 22.1 Å². The number of nitrogens with two attached hydrogens (primary N) is 2. The smallest absolute Gasteiger partial charge is 0.251 e. The predicted molar refractivity (Wildman–Crippen MR) is 236 cm³/mol. The average molecular weight is 836 g/mol. The van der Waals surface area contributed by atoms with E-state index in [1.165, 1.54) is 0 Å². The normalized spacial score (nSPS) is 13.5. The SMILES string of the molecule is N[C@@H](c1ccccc1)[C@@H](NCc1ccc(C(=O)NCP=S)cc1)c1ccccc1.N[C@@H](c1ccccc1)[C@@H](NS(=O)(=O)c1ccc(P=S)cc1)c1ccccc1. The molecule has 0 unspecified atom stereocenters. The molecule has 0 aromatic heterocycles. The van der Waals surface area contributed by atoms with Gasteiger partial charge in [-0.25, -0.2) is 13.1 Å². The Balaban J connectivity index is 0.000000215. The third-order valence-electron chi connectivity index (χ3n) is 8.99. The quantitative estimate of drug-likeness (QED) is 0.0625. The van der Waals surface area contributed by atoms with Gasteiger partial charge in [-0.1, -0.05) is 157 Å². The molecule has 6 aromatic rings. The summed E-state index contributed by atoms with van der Waals surface area (Å²) in [5.74, 6) is -0.102. The number of amides is 1. The summed E-state index contributed by atoms with van der Waals surface area (Å²) < 4.78 is 28.7. The Kier molecular flexibility index (Phi) is 16.6. The first-order chi connectivity index (χ1) is 27.2. The maximum atomic E-state index is 13.0. The van der Waals surface area contributed by atoms with Gasteiger partial charge in [0.15, 0.2) is 0 Å². The number of carbonyl (C=O) groups is 1. The van der Waals surface area contributed by atoms with E-state index in [9.17, 15) is 13.2 Å². The van der Waals surface area contributed by atoms with Crippen LogP contribution in [0.4, 0.5) is 0 Å². The molecule has 0 spiro atoms. The van der Waals surface area contributed by atoms with Crippen molar-refractivity contribution < 1.29 is 13.2 Å². The molecule has 0 aliphatic rings. The van der Waals surface area contributed by atoms with Crippen LogP contribution in [-0.2, 0) is 40.2 Å². The summed E-state index contributed by atoms with van der Waals surface area (Å²) in [6, 6.07) is 52.0. The molecule has 286 valence electrons. The number of hydrogen-bond acceptors (Lipinski definition) is 8. The second kappa shape index (κ2) is 21.8. The lowest BCUT2D eigenvalue weighted by atomic mass is 9.94. The molecule has 7 N–H and O–H groups in total. The lowest BCUT2D eigenvalue weighted by Gasteiger charge is -2.26. The molecule has 13 heteroatoms. The summed E-state index contributed by atoms with van der Waals surface area (Å²) in [6.45, 7) is 0.646. The summed E-state index contributed by atoms with van der Waals surface area (Å²) in [6.07, 6.45) is 0.480. The predicted octanol–water partition coefficient (Wildman–Crippen LogP) is 7.75. The largest absolute Gasteiger partial charge is 0.344 e. The minimum atomic E-state index is -3.75. The van der Waals surface area contributed by atoms with Gasteiger partial charge in [0, 0.05) is 30.8 Å². The molecule has 6 rings (SSSR count). The number of hydrogen-bond donors (Lipinski definition) is 5. The third kappa shape index (κ3) is 12.3. The summed E-state index contributed by atoms with van der Waals surface area (Å²) in [5, 5.41) is 7.26. The van der Waals surface area contributed by atoms with Crippen molar-refractivity contribution >= 4 is 59.6 Å². The van der Waals surface area contributed by atoms with E-state index in [0.717, 1.165) is 40.5 Å². The Labute approximate surface area is 342 Å². The van der Waals surface area contributed by atoms with Gasteiger partial charge in [0.05, 0.1) is 29.3 Å². The van der Waals surface area contributed by atoms with Gasteiger partial charge in [-0.2, -0.15) is 0 Å². The molecule has 0 aliphatic carbocycles. The molecule has 1 amide bonds. The lowest BCUT2D eigenvalue weighted by molar-refractivity contribution is 0.0961. The molecule has 6 aromatic carbocycles. The van der Waals surface area contributed by atoms with Crippen LogP contribution in [-0.4, -0.2) is 20.6 Å². The topological polar surface area (TPSA) is 139 Å². The molecular weight excluding hydrogens is 793 g/mol. The number of nitrogens with one attached hydrogen (secondary N) is 3. The highest BCUT2D eigenvalue weighted by Crippen LogP contribution is 2.29. The highest BCUT2D eigenvalue weighted by atomic mass is 32.4. The van der Waals surface area contributed by atoms with Crippen LogP contribution in [0.3, 0.4) is 0 Å². The van der Waals surface area contributed by atoms with Gasteiger partial charge >= 0.3 is 0 Å². The van der Waals surface area contributed by atoms with Crippen molar-refractivity contribution in [2.75, 3.05) is 6.29 Å². The fraction of sp³-hybridized carbons (Fsp3) is 0.140. The summed E-state index contributed by atoms with van der Waals surface area (Å²) in [7, 11) is -2.34. The third-order valence-corrected chi connectivity index (χ3v) is 12.3. The Morgan fingerprint density at radius 3 is 1.50 bits per heavy atom. The van der Waals surface area contributed by atoms with E-state index in [1.54, 1.807) is 24.3 Å². The number of carbonyl (C=O) groups excluding carboxylic acids is 1. The highest BCUT2D eigenvalue weighted by molar-refractivity contribution is 7.99. The van der Waals surface area contributed by atoms with Crippen molar-refractivity contribution in [2.45, 2.75) is 35.6 Å². The molecule has 0 saturated heterocycles. The number of sulfonamides is 1. The first-order valence-corrected chi connectivity index (χ1v) is 23.2. The molecule has 0 saturated carbocycles. The van der Waals surface area contributed by atoms with E-state index in [2.05, 4.69) is 39.6 Å². The average Bonchev–Trinajstić information content (AvgIpc) is 3.26. The van der Waals surface area contributed by atoms with Crippen LogP contribution < -0.4 is 32.1 Å². The first kappa shape index (κ1) is 42.8. The van der Waals surface area contributed by atoms with Gasteiger partial charge in [-0.15, -0.1) is 0 Å². The minimum absolute atomic E-state index is 0.0346. The van der Waals surface area contributed by atoms with Gasteiger partial charge in [0.1, 0.15) is 0 Å². The van der Waals surface area contributed by atoms with Gasteiger partial charge in [0.2, 0.25) is 10.0 Å². The van der Waals surface area contributed by atoms with Crippen LogP contribution in [0.15, 0.2) is 175 Å². The molecule has 4 atom stereocenters. The van der Waals surface area contributed by atoms with Crippen LogP contribution >= 0.6 is 14.7 Å². The first-order valence-electron chi connectivity index (χ1n) is 17.8. The molecule has 0 fully saturated rings. The van der Waals surface area contributed by atoms with Crippen LogP contribution in [0.5, 0.6) is 0 Å². The molecule has 0 aliphatic heterocycles. The van der Waals surface area contributed by atoms with Gasteiger partial charge in [-0.3, -0.25) is 4.79 Å². The zero-order valence-corrected chi connectivity index (χ0v) is 34.6. The minimum Gasteiger partial charge on any atom is -0.344 e. The Hall–Kier alpha value is -4.38. The maximum absolute atomic E-state index is 13.0. The summed E-state index contributed by atoms with van der Waals surface area (Å²) in [4.78, 5) is 12.2. The molecule has 0 heterocycles. The van der Waals surface area contributed by atoms with Crippen LogP contribution in [0.25, 0.3) is 0 Å². The van der Waals surface area contributed by atoms with Crippen LogP contribution in [0.1, 0.15) is 62.3 Å². The van der Waals surface area contributed by atoms with Crippen molar-refractivity contribution in [2.24, 2.45) is 11.5 Å². The van der Waals surface area contributed by atoms with Gasteiger partial charge in [-0.05, 0) is 71.6 Å². The van der Waals surface area contributed by atoms with E-state index in [1.807, 2.05) is 121 Å². The van der Waals surface area contributed by atoms with Crippen molar-refractivity contribution in [3.05, 3.63) is 203 Å². The maximum Gasteiger partial charge on any atom is 0.251 e. The molecule has 56 heavy (non-hydrogen) atoms. The zero-order chi connectivity index (χ0) is 39.8. The molecular formula is C43H43N5O3P2S3. The van der Waals surface area contributed by atoms with Gasteiger partial charge in [0.25, 0.3) is 5.91 Å². The van der Waals surface area contributed by atoms with E-state index >= 15 is 0 Å². The standard InChI is InChI=1S/C23H24N3OPS.C20H19N2O2PS2/c24-21(18-7-3-1-4-8-18)22(19-9-5-2-6-10-19)25-15-17-11-13-20(14-12-17)23(27)26-16-28-29;21-19(15-7-3-1-4-8-15)20(16-9-5-2-6-10-16)22-27(23,24)18-13-11-17(25-26)12-14-18/h1-14,21-22,25H,15-16,24H2,(H,26,27);1-14,19-20,22H,21H2/t21-,22-;19-,20-/m00/s1. The van der Waals surface area contributed by atoms with E-state index in [-0.39, 0.29) is 22.9 Å². The van der Waals surface area contributed by atoms with Crippen LogP contribution in [0, 0.1) is 0 Å². The fourth-order valence-corrected chi connectivity index (χ4v) is 8.27. The second-order valence-corrected chi connectivity index (χ2v) is 17.0. The highest BCUT2D eigenvalue weighted by Gasteiger charge is 2.27. The number of benzene rings is 6. The fourth-order valence-electron chi connectivity index (χ4n) is 5.99. The van der Waals surface area contributed by atoms with Crippen molar-refractivity contribution in [1.29, 1.82) is 0 Å². The van der Waals surface area contributed by atoms with Crippen molar-refractivity contribution in [3.8, 4) is 0 Å². The molecule has 8 nitrogen and oxygen atoms in total. The summed E-state index contributed by atoms with van der Waals surface area (Å²) >= 11 is 9.80. The van der Waals surface area contributed by atoms with E-state index in [4.69, 9.17) is 35.1 Å². The Morgan fingerprint density at radius 1 is 0.589 bits per heavy atom. The Bertz CT molecular complexity index is 2240. The lowest BCUT2D eigenvalue weighted by Crippen LogP contribution is -2.36.